The minimum Gasteiger partial charge on any atom is -0.380 e. The van der Waals surface area contributed by atoms with E-state index in [9.17, 15) is 0 Å². The largest absolute Gasteiger partial charge is 0.380 e. The number of halogens is 1. The first-order valence-corrected chi connectivity index (χ1v) is 8.37. The van der Waals surface area contributed by atoms with Gasteiger partial charge in [0.1, 0.15) is 0 Å². The van der Waals surface area contributed by atoms with Crippen LogP contribution in [0.4, 0.5) is 5.82 Å². The highest BCUT2D eigenvalue weighted by Gasteiger charge is 2.19. The van der Waals surface area contributed by atoms with Crippen molar-refractivity contribution in [2.45, 2.75) is 4.90 Å². The van der Waals surface area contributed by atoms with E-state index in [0.29, 0.717) is 11.6 Å². The van der Waals surface area contributed by atoms with Gasteiger partial charge in [-0.1, -0.05) is 45.4 Å². The van der Waals surface area contributed by atoms with E-state index in [1.165, 1.54) is 0 Å². The number of nitrogens with two attached hydrogens (primary N) is 1. The summed E-state index contributed by atoms with van der Waals surface area (Å²) in [6.45, 7) is 0. The summed E-state index contributed by atoms with van der Waals surface area (Å²) < 4.78 is 6.51. The highest BCUT2D eigenvalue weighted by atomic mass is 79.9. The van der Waals surface area contributed by atoms with Crippen molar-refractivity contribution in [1.82, 2.24) is 5.16 Å². The van der Waals surface area contributed by atoms with Gasteiger partial charge in [-0.3, -0.25) is 0 Å². The smallest absolute Gasteiger partial charge is 0.178 e. The van der Waals surface area contributed by atoms with Crippen LogP contribution in [0, 0.1) is 0 Å². The molecule has 0 unspecified atom stereocenters. The van der Waals surface area contributed by atoms with Gasteiger partial charge in [0.05, 0.1) is 5.56 Å². The molecule has 1 aromatic heterocycles. The first-order chi connectivity index (χ1) is 10.2. The SMILES string of the molecule is CSc1ccccc1-c1onc(N)c1-c1cccc(Br)c1. The third kappa shape index (κ3) is 2.71. The number of hydrogen-bond acceptors (Lipinski definition) is 4. The molecule has 3 aromatic rings. The maximum atomic E-state index is 6.03. The van der Waals surface area contributed by atoms with Gasteiger partial charge in [-0.15, -0.1) is 11.8 Å². The van der Waals surface area contributed by atoms with Crippen molar-refractivity contribution >= 4 is 33.5 Å². The van der Waals surface area contributed by atoms with Gasteiger partial charge >= 0.3 is 0 Å². The molecule has 3 rings (SSSR count). The highest BCUT2D eigenvalue weighted by Crippen LogP contribution is 2.40. The van der Waals surface area contributed by atoms with Gasteiger partial charge in [0.2, 0.25) is 0 Å². The van der Waals surface area contributed by atoms with Crippen LogP contribution in [0.5, 0.6) is 0 Å². The van der Waals surface area contributed by atoms with Crippen molar-refractivity contribution in [2.75, 3.05) is 12.0 Å². The van der Waals surface area contributed by atoms with E-state index in [1.54, 1.807) is 11.8 Å². The molecule has 0 radical (unpaired) electrons. The Morgan fingerprint density at radius 2 is 1.95 bits per heavy atom. The van der Waals surface area contributed by atoms with E-state index < -0.39 is 0 Å². The molecule has 5 heteroatoms. The van der Waals surface area contributed by atoms with Crippen LogP contribution in [-0.4, -0.2) is 11.4 Å². The lowest BCUT2D eigenvalue weighted by Crippen LogP contribution is -1.89. The lowest BCUT2D eigenvalue weighted by atomic mass is 10.0. The molecule has 3 nitrogen and oxygen atoms in total. The van der Waals surface area contributed by atoms with Crippen LogP contribution in [0.3, 0.4) is 0 Å². The van der Waals surface area contributed by atoms with E-state index in [0.717, 1.165) is 26.1 Å². The summed E-state index contributed by atoms with van der Waals surface area (Å²) in [6, 6.07) is 16.0. The molecule has 0 aliphatic carbocycles. The number of rotatable bonds is 3. The van der Waals surface area contributed by atoms with Crippen LogP contribution in [0.1, 0.15) is 0 Å². The third-order valence-electron chi connectivity index (χ3n) is 3.18. The van der Waals surface area contributed by atoms with Gasteiger partial charge in [-0.2, -0.15) is 0 Å². The van der Waals surface area contributed by atoms with Gasteiger partial charge in [-0.05, 0) is 36.1 Å². The zero-order valence-corrected chi connectivity index (χ0v) is 13.7. The second-order valence-corrected chi connectivity index (χ2v) is 6.25. The topological polar surface area (TPSA) is 52.0 Å². The number of aromatic nitrogens is 1. The highest BCUT2D eigenvalue weighted by molar-refractivity contribution is 9.10. The van der Waals surface area contributed by atoms with Crippen molar-refractivity contribution in [1.29, 1.82) is 0 Å². The second kappa shape index (κ2) is 5.95. The van der Waals surface area contributed by atoms with E-state index in [4.69, 9.17) is 10.3 Å². The van der Waals surface area contributed by atoms with Gasteiger partial charge in [0, 0.05) is 14.9 Å². The average Bonchev–Trinajstić information content (AvgIpc) is 2.88. The molecule has 0 atom stereocenters. The summed E-state index contributed by atoms with van der Waals surface area (Å²) in [7, 11) is 0. The number of thioether (sulfide) groups is 1. The Kier molecular flexibility index (Phi) is 4.03. The summed E-state index contributed by atoms with van der Waals surface area (Å²) in [5, 5.41) is 3.95. The first kappa shape index (κ1) is 14.2. The van der Waals surface area contributed by atoms with Gasteiger partial charge in [-0.25, -0.2) is 0 Å². The minimum absolute atomic E-state index is 0.402. The molecular weight excluding hydrogens is 348 g/mol. The molecular formula is C16H13BrN2OS. The molecule has 0 saturated heterocycles. The monoisotopic (exact) mass is 360 g/mol. The Morgan fingerprint density at radius 1 is 1.14 bits per heavy atom. The normalized spacial score (nSPS) is 10.8. The fourth-order valence-electron chi connectivity index (χ4n) is 2.24. The van der Waals surface area contributed by atoms with E-state index in [-0.39, 0.29) is 0 Å². The molecule has 0 bridgehead atoms. The number of nitrogens with zero attached hydrogens (tertiary/aromatic N) is 1. The number of hydrogen-bond donors (Lipinski definition) is 1. The maximum Gasteiger partial charge on any atom is 0.178 e. The van der Waals surface area contributed by atoms with Gasteiger partial charge in [0.25, 0.3) is 0 Å². The lowest BCUT2D eigenvalue weighted by molar-refractivity contribution is 0.435. The Morgan fingerprint density at radius 3 is 2.71 bits per heavy atom. The molecule has 0 aliphatic heterocycles. The van der Waals surface area contributed by atoms with Crippen molar-refractivity contribution in [3.63, 3.8) is 0 Å². The number of anilines is 1. The van der Waals surface area contributed by atoms with E-state index in [2.05, 4.69) is 27.2 Å². The Labute approximate surface area is 135 Å². The molecule has 106 valence electrons. The summed E-state index contributed by atoms with van der Waals surface area (Å²) in [4.78, 5) is 1.13. The fraction of sp³-hybridized carbons (Fsp3) is 0.0625. The van der Waals surface area contributed by atoms with Crippen LogP contribution in [0.25, 0.3) is 22.5 Å². The van der Waals surface area contributed by atoms with Gasteiger partial charge < -0.3 is 10.3 Å². The summed E-state index contributed by atoms with van der Waals surface area (Å²) >= 11 is 5.15. The molecule has 0 spiro atoms. The molecule has 0 amide bonds. The molecule has 2 aromatic carbocycles. The van der Waals surface area contributed by atoms with Gasteiger partial charge in [0.15, 0.2) is 11.6 Å². The summed E-state index contributed by atoms with van der Waals surface area (Å²) in [5.41, 5.74) is 8.84. The number of nitrogen functional groups attached to an aromatic ring is 1. The van der Waals surface area contributed by atoms with Crippen LogP contribution >= 0.6 is 27.7 Å². The summed E-state index contributed by atoms with van der Waals surface area (Å²) in [5.74, 6) is 1.11. The molecule has 21 heavy (non-hydrogen) atoms. The Balaban J connectivity index is 2.22. The molecule has 0 saturated carbocycles. The minimum atomic E-state index is 0.402. The summed E-state index contributed by atoms with van der Waals surface area (Å²) in [6.07, 6.45) is 2.04. The standard InChI is InChI=1S/C16H13BrN2OS/c1-21-13-8-3-2-7-12(13)15-14(16(18)19-20-15)10-5-4-6-11(17)9-10/h2-9H,1H3,(H2,18,19). The van der Waals surface area contributed by atoms with Crippen LogP contribution in [0.15, 0.2) is 62.4 Å². The maximum absolute atomic E-state index is 6.03. The second-order valence-electron chi connectivity index (χ2n) is 4.48. The predicted molar refractivity (Wildman–Crippen MR) is 91.3 cm³/mol. The van der Waals surface area contributed by atoms with Crippen molar-refractivity contribution in [3.05, 3.63) is 53.0 Å². The quantitative estimate of drug-likeness (QED) is 0.662. The Hall–Kier alpha value is -1.72. The van der Waals surface area contributed by atoms with Crippen molar-refractivity contribution < 1.29 is 4.52 Å². The molecule has 0 aliphatic rings. The third-order valence-corrected chi connectivity index (χ3v) is 4.47. The average molecular weight is 361 g/mol. The lowest BCUT2D eigenvalue weighted by Gasteiger charge is -2.07. The first-order valence-electron chi connectivity index (χ1n) is 6.35. The zero-order chi connectivity index (χ0) is 14.8. The van der Waals surface area contributed by atoms with Crippen molar-refractivity contribution in [2.24, 2.45) is 0 Å². The fourth-order valence-corrected chi connectivity index (χ4v) is 3.24. The van der Waals surface area contributed by atoms with Crippen LogP contribution in [0.2, 0.25) is 0 Å². The van der Waals surface area contributed by atoms with E-state index in [1.807, 2.05) is 48.7 Å². The van der Waals surface area contributed by atoms with E-state index >= 15 is 0 Å². The Bertz CT molecular complexity index is 785. The predicted octanol–water partition coefficient (Wildman–Crippen LogP) is 5.08. The number of benzene rings is 2. The zero-order valence-electron chi connectivity index (χ0n) is 11.3. The molecule has 2 N–H and O–H groups in total. The molecule has 1 heterocycles. The van der Waals surface area contributed by atoms with Crippen molar-refractivity contribution in [3.8, 4) is 22.5 Å². The van der Waals surface area contributed by atoms with Crippen LogP contribution < -0.4 is 5.73 Å². The van der Waals surface area contributed by atoms with Crippen LogP contribution in [-0.2, 0) is 0 Å². The molecule has 0 fully saturated rings.